The number of hydrogen-bond donors (Lipinski definition) is 1. The molecular weight excluding hydrogens is 488 g/mol. The second-order valence-corrected chi connectivity index (χ2v) is 10.3. The standard InChI is InChI=1S/C26H21F2N3O4S/c27-19-12-17(13-20(28)15-19)16-29-25(32)23-9-10-30(26(23)33)21-6-7-24-18(14-21)8-11-31(24)36(34,35)22-4-2-1-3-5-22/h1-8,11-15,23H,9-10,16H2,(H,29,32). The monoisotopic (exact) mass is 509 g/mol. The van der Waals surface area contributed by atoms with Crippen molar-refractivity contribution in [3.05, 3.63) is 96.2 Å². The lowest BCUT2D eigenvalue weighted by Gasteiger charge is -2.17. The number of aromatic nitrogens is 1. The zero-order valence-electron chi connectivity index (χ0n) is 18.9. The summed E-state index contributed by atoms with van der Waals surface area (Å²) in [5.41, 5.74) is 1.26. The van der Waals surface area contributed by atoms with Crippen LogP contribution in [0.3, 0.4) is 0 Å². The molecule has 1 N–H and O–H groups in total. The van der Waals surface area contributed by atoms with Crippen LogP contribution in [-0.2, 0) is 26.2 Å². The van der Waals surface area contributed by atoms with Crippen LogP contribution in [0.2, 0.25) is 0 Å². The fraction of sp³-hybridized carbons (Fsp3) is 0.154. The molecule has 0 saturated carbocycles. The third-order valence-corrected chi connectivity index (χ3v) is 7.87. The van der Waals surface area contributed by atoms with E-state index in [0.29, 0.717) is 23.1 Å². The Labute approximate surface area is 206 Å². The third kappa shape index (κ3) is 4.35. The Morgan fingerprint density at radius 1 is 0.972 bits per heavy atom. The van der Waals surface area contributed by atoms with Gasteiger partial charge in [0.25, 0.3) is 10.0 Å². The first-order chi connectivity index (χ1) is 17.2. The van der Waals surface area contributed by atoms with Crippen LogP contribution < -0.4 is 10.2 Å². The Hall–Kier alpha value is -4.05. The first-order valence-electron chi connectivity index (χ1n) is 11.2. The summed E-state index contributed by atoms with van der Waals surface area (Å²) in [6.07, 6.45) is 1.75. The van der Waals surface area contributed by atoms with Crippen molar-refractivity contribution in [3.8, 4) is 0 Å². The number of anilines is 1. The second-order valence-electron chi connectivity index (χ2n) is 8.50. The highest BCUT2D eigenvalue weighted by Gasteiger charge is 2.37. The largest absolute Gasteiger partial charge is 0.351 e. The maximum atomic E-state index is 13.4. The molecule has 10 heteroatoms. The second kappa shape index (κ2) is 9.19. The molecular formula is C26H21F2N3O4S. The van der Waals surface area contributed by atoms with Gasteiger partial charge in [-0.15, -0.1) is 0 Å². The molecule has 1 aliphatic heterocycles. The van der Waals surface area contributed by atoms with Gasteiger partial charge in [-0.1, -0.05) is 18.2 Å². The Balaban J connectivity index is 1.32. The molecule has 3 aromatic carbocycles. The van der Waals surface area contributed by atoms with Crippen molar-refractivity contribution in [2.45, 2.75) is 17.9 Å². The third-order valence-electron chi connectivity index (χ3n) is 6.16. The summed E-state index contributed by atoms with van der Waals surface area (Å²) in [6.45, 7) is 0.201. The summed E-state index contributed by atoms with van der Waals surface area (Å²) in [4.78, 5) is 27.3. The molecule has 0 aliphatic carbocycles. The van der Waals surface area contributed by atoms with E-state index in [1.165, 1.54) is 27.2 Å². The van der Waals surface area contributed by atoms with E-state index < -0.39 is 39.4 Å². The van der Waals surface area contributed by atoms with Gasteiger partial charge in [-0.05, 0) is 60.5 Å². The highest BCUT2D eigenvalue weighted by molar-refractivity contribution is 7.90. The van der Waals surface area contributed by atoms with Gasteiger partial charge in [0.15, 0.2) is 0 Å². The van der Waals surface area contributed by atoms with Crippen molar-refractivity contribution in [2.24, 2.45) is 5.92 Å². The van der Waals surface area contributed by atoms with E-state index >= 15 is 0 Å². The van der Waals surface area contributed by atoms with E-state index in [9.17, 15) is 26.8 Å². The van der Waals surface area contributed by atoms with Gasteiger partial charge in [0.1, 0.15) is 17.6 Å². The van der Waals surface area contributed by atoms with Crippen molar-refractivity contribution in [2.75, 3.05) is 11.4 Å². The van der Waals surface area contributed by atoms with Crippen LogP contribution in [-0.4, -0.2) is 30.7 Å². The summed E-state index contributed by atoms with van der Waals surface area (Å²) in [7, 11) is -3.78. The molecule has 2 amide bonds. The molecule has 184 valence electrons. The van der Waals surface area contributed by atoms with Crippen LogP contribution in [0.25, 0.3) is 10.9 Å². The highest BCUT2D eigenvalue weighted by Crippen LogP contribution is 2.30. The zero-order chi connectivity index (χ0) is 25.4. The number of hydrogen-bond acceptors (Lipinski definition) is 4. The number of fused-ring (bicyclic) bond motifs is 1. The molecule has 1 saturated heterocycles. The Kier molecular flexibility index (Phi) is 6.05. The van der Waals surface area contributed by atoms with Gasteiger partial charge in [-0.25, -0.2) is 21.2 Å². The summed E-state index contributed by atoms with van der Waals surface area (Å²) in [5.74, 6) is -3.34. The molecule has 0 spiro atoms. The van der Waals surface area contributed by atoms with Crippen LogP contribution in [0.1, 0.15) is 12.0 Å². The van der Waals surface area contributed by atoms with Crippen LogP contribution in [0, 0.1) is 17.6 Å². The van der Waals surface area contributed by atoms with Crippen molar-refractivity contribution >= 4 is 38.4 Å². The SMILES string of the molecule is O=C(NCc1cc(F)cc(F)c1)C1CCN(c2ccc3c(ccn3S(=O)(=O)c3ccccc3)c2)C1=O. The predicted octanol–water partition coefficient (Wildman–Crippen LogP) is 3.83. The van der Waals surface area contributed by atoms with E-state index in [1.54, 1.807) is 42.5 Å². The molecule has 1 aromatic heterocycles. The molecule has 1 unspecified atom stereocenters. The topological polar surface area (TPSA) is 88.5 Å². The van der Waals surface area contributed by atoms with Crippen molar-refractivity contribution in [1.29, 1.82) is 0 Å². The Morgan fingerprint density at radius 2 is 1.69 bits per heavy atom. The lowest BCUT2D eigenvalue weighted by atomic mass is 10.1. The van der Waals surface area contributed by atoms with Gasteiger partial charge in [0.05, 0.1) is 10.4 Å². The minimum atomic E-state index is -3.78. The maximum absolute atomic E-state index is 13.4. The van der Waals surface area contributed by atoms with Crippen LogP contribution in [0.4, 0.5) is 14.5 Å². The smallest absolute Gasteiger partial charge is 0.268 e. The number of carbonyl (C=O) groups excluding carboxylic acids is 2. The van der Waals surface area contributed by atoms with E-state index in [2.05, 4.69) is 5.32 Å². The molecule has 5 rings (SSSR count). The molecule has 2 heterocycles. The van der Waals surface area contributed by atoms with Crippen molar-refractivity contribution < 1.29 is 26.8 Å². The molecule has 0 radical (unpaired) electrons. The number of nitrogens with one attached hydrogen (secondary N) is 1. The molecule has 1 atom stereocenters. The van der Waals surface area contributed by atoms with E-state index in [4.69, 9.17) is 0 Å². The molecule has 4 aromatic rings. The average Bonchev–Trinajstić information content (AvgIpc) is 3.46. The first-order valence-corrected chi connectivity index (χ1v) is 12.6. The Bertz CT molecular complexity index is 1570. The maximum Gasteiger partial charge on any atom is 0.268 e. The van der Waals surface area contributed by atoms with E-state index in [-0.39, 0.29) is 23.4 Å². The van der Waals surface area contributed by atoms with Gasteiger partial charge in [0.2, 0.25) is 11.8 Å². The van der Waals surface area contributed by atoms with Gasteiger partial charge in [0, 0.05) is 36.4 Å². The number of rotatable bonds is 6. The van der Waals surface area contributed by atoms with Gasteiger partial charge in [-0.2, -0.15) is 0 Å². The molecule has 1 fully saturated rings. The summed E-state index contributed by atoms with van der Waals surface area (Å²) in [6, 6.07) is 17.7. The van der Waals surface area contributed by atoms with Crippen LogP contribution in [0.5, 0.6) is 0 Å². The van der Waals surface area contributed by atoms with Gasteiger partial charge < -0.3 is 10.2 Å². The summed E-state index contributed by atoms with van der Waals surface area (Å²) in [5, 5.41) is 3.20. The van der Waals surface area contributed by atoms with Crippen LogP contribution in [0.15, 0.2) is 83.9 Å². The summed E-state index contributed by atoms with van der Waals surface area (Å²) >= 11 is 0. The molecule has 0 bridgehead atoms. The fourth-order valence-electron chi connectivity index (χ4n) is 4.39. The van der Waals surface area contributed by atoms with Crippen molar-refractivity contribution in [1.82, 2.24) is 9.29 Å². The van der Waals surface area contributed by atoms with E-state index in [1.807, 2.05) is 0 Å². The predicted molar refractivity (Wildman–Crippen MR) is 130 cm³/mol. The zero-order valence-corrected chi connectivity index (χ0v) is 19.7. The number of nitrogens with zero attached hydrogens (tertiary/aromatic N) is 2. The Morgan fingerprint density at radius 3 is 2.42 bits per heavy atom. The fourth-order valence-corrected chi connectivity index (χ4v) is 5.77. The number of benzene rings is 3. The number of amides is 2. The summed E-state index contributed by atoms with van der Waals surface area (Å²) < 4.78 is 54.0. The van der Waals surface area contributed by atoms with Gasteiger partial charge >= 0.3 is 0 Å². The lowest BCUT2D eigenvalue weighted by Crippen LogP contribution is -2.36. The minimum absolute atomic E-state index is 0.105. The molecule has 7 nitrogen and oxygen atoms in total. The highest BCUT2D eigenvalue weighted by atomic mass is 32.2. The first kappa shape index (κ1) is 23.7. The quantitative estimate of drug-likeness (QED) is 0.400. The van der Waals surface area contributed by atoms with Crippen LogP contribution >= 0.6 is 0 Å². The van der Waals surface area contributed by atoms with Crippen molar-refractivity contribution in [3.63, 3.8) is 0 Å². The molecule has 1 aliphatic rings. The van der Waals surface area contributed by atoms with Gasteiger partial charge in [-0.3, -0.25) is 9.59 Å². The molecule has 36 heavy (non-hydrogen) atoms. The normalized spacial score (nSPS) is 16.0. The van der Waals surface area contributed by atoms with E-state index in [0.717, 1.165) is 18.2 Å². The minimum Gasteiger partial charge on any atom is -0.351 e. The lowest BCUT2D eigenvalue weighted by molar-refractivity contribution is -0.132. The number of carbonyl (C=O) groups is 2. The number of halogens is 2. The average molecular weight is 510 g/mol.